The highest BCUT2D eigenvalue weighted by atomic mass is 79.9. The van der Waals surface area contributed by atoms with Gasteiger partial charge in [0.2, 0.25) is 0 Å². The second-order valence-corrected chi connectivity index (χ2v) is 5.93. The van der Waals surface area contributed by atoms with Crippen molar-refractivity contribution in [1.82, 2.24) is 9.97 Å². The molecule has 0 aliphatic carbocycles. The van der Waals surface area contributed by atoms with Crippen molar-refractivity contribution in [3.63, 3.8) is 0 Å². The molecule has 0 fully saturated rings. The molecule has 0 saturated carbocycles. The highest BCUT2D eigenvalue weighted by Gasteiger charge is 2.22. The molecule has 0 aliphatic heterocycles. The molecule has 0 saturated heterocycles. The van der Waals surface area contributed by atoms with E-state index in [0.29, 0.717) is 5.92 Å². The van der Waals surface area contributed by atoms with Crippen molar-refractivity contribution >= 4 is 21.7 Å². The Labute approximate surface area is 106 Å². The summed E-state index contributed by atoms with van der Waals surface area (Å²) < 4.78 is 0.824. The second kappa shape index (κ2) is 5.13. The molecule has 0 aromatic carbocycles. The van der Waals surface area contributed by atoms with E-state index >= 15 is 0 Å². The van der Waals surface area contributed by atoms with E-state index in [1.54, 1.807) is 0 Å². The summed E-state index contributed by atoms with van der Waals surface area (Å²) in [6, 6.07) is 1.91. The minimum absolute atomic E-state index is 0.255. The average molecular weight is 286 g/mol. The minimum Gasteiger partial charge on any atom is -0.369 e. The largest absolute Gasteiger partial charge is 0.369 e. The van der Waals surface area contributed by atoms with E-state index in [0.717, 1.165) is 22.8 Å². The lowest BCUT2D eigenvalue weighted by Gasteiger charge is -2.29. The Morgan fingerprint density at radius 3 is 2.50 bits per heavy atom. The quantitative estimate of drug-likeness (QED) is 0.859. The number of hydrogen-bond donors (Lipinski definition) is 1. The van der Waals surface area contributed by atoms with Crippen LogP contribution in [-0.4, -0.2) is 16.5 Å². The van der Waals surface area contributed by atoms with Crippen molar-refractivity contribution in [1.29, 1.82) is 0 Å². The molecule has 90 valence electrons. The van der Waals surface area contributed by atoms with Gasteiger partial charge in [-0.3, -0.25) is 0 Å². The van der Waals surface area contributed by atoms with E-state index in [1.165, 1.54) is 0 Å². The molecule has 16 heavy (non-hydrogen) atoms. The third-order valence-electron chi connectivity index (χ3n) is 3.09. The van der Waals surface area contributed by atoms with Crippen LogP contribution in [0.15, 0.2) is 10.7 Å². The Morgan fingerprint density at radius 2 is 2.00 bits per heavy atom. The van der Waals surface area contributed by atoms with Gasteiger partial charge in [0.05, 0.1) is 0 Å². The summed E-state index contributed by atoms with van der Waals surface area (Å²) in [4.78, 5) is 8.52. The highest BCUT2D eigenvalue weighted by molar-refractivity contribution is 9.10. The van der Waals surface area contributed by atoms with Gasteiger partial charge in [-0.2, -0.15) is 0 Å². The third-order valence-corrected chi connectivity index (χ3v) is 3.50. The molecular formula is C12H20BrN3. The fourth-order valence-corrected chi connectivity index (χ4v) is 1.62. The number of hydrogen-bond acceptors (Lipinski definition) is 3. The average Bonchev–Trinajstić information content (AvgIpc) is 2.13. The summed E-state index contributed by atoms with van der Waals surface area (Å²) in [7, 11) is 0. The van der Waals surface area contributed by atoms with Crippen LogP contribution in [0.5, 0.6) is 0 Å². The number of nitrogens with one attached hydrogen (secondary N) is 1. The van der Waals surface area contributed by atoms with Crippen LogP contribution in [0, 0.1) is 18.3 Å². The Hall–Kier alpha value is -0.640. The van der Waals surface area contributed by atoms with Crippen LogP contribution >= 0.6 is 15.9 Å². The van der Waals surface area contributed by atoms with E-state index in [9.17, 15) is 0 Å². The Kier molecular flexibility index (Phi) is 4.30. The standard InChI is InChI=1S/C12H20BrN3/c1-8(2)12(4,5)7-14-11-6-10(13)15-9(3)16-11/h6,8H,7H2,1-5H3,(H,14,15,16). The molecule has 0 spiro atoms. The first-order valence-electron chi connectivity index (χ1n) is 5.56. The normalized spacial score (nSPS) is 11.9. The SMILES string of the molecule is Cc1nc(Br)cc(NCC(C)(C)C(C)C)n1. The maximum Gasteiger partial charge on any atom is 0.130 e. The first-order chi connectivity index (χ1) is 7.31. The smallest absolute Gasteiger partial charge is 0.130 e. The molecule has 1 heterocycles. The van der Waals surface area contributed by atoms with Crippen LogP contribution in [-0.2, 0) is 0 Å². The van der Waals surface area contributed by atoms with Crippen LogP contribution in [0.3, 0.4) is 0 Å². The van der Waals surface area contributed by atoms with Gasteiger partial charge in [0, 0.05) is 12.6 Å². The topological polar surface area (TPSA) is 37.8 Å². The van der Waals surface area contributed by atoms with E-state index < -0.39 is 0 Å². The molecule has 1 aromatic heterocycles. The summed E-state index contributed by atoms with van der Waals surface area (Å²) >= 11 is 3.37. The number of rotatable bonds is 4. The molecule has 0 radical (unpaired) electrons. The van der Waals surface area contributed by atoms with Gasteiger partial charge < -0.3 is 5.32 Å². The molecule has 3 nitrogen and oxygen atoms in total. The number of halogens is 1. The summed E-state index contributed by atoms with van der Waals surface area (Å²) in [5.74, 6) is 2.29. The number of aryl methyl sites for hydroxylation is 1. The zero-order valence-corrected chi connectivity index (χ0v) is 12.2. The zero-order chi connectivity index (χ0) is 12.3. The molecule has 1 aromatic rings. The predicted octanol–water partition coefficient (Wildman–Crippen LogP) is 3.64. The van der Waals surface area contributed by atoms with Crippen LogP contribution in [0.25, 0.3) is 0 Å². The molecule has 0 aliphatic rings. The van der Waals surface area contributed by atoms with Gasteiger partial charge in [-0.25, -0.2) is 9.97 Å². The van der Waals surface area contributed by atoms with Gasteiger partial charge in [-0.15, -0.1) is 0 Å². The minimum atomic E-state index is 0.255. The van der Waals surface area contributed by atoms with Gasteiger partial charge in [0.1, 0.15) is 16.2 Å². The Morgan fingerprint density at radius 1 is 1.38 bits per heavy atom. The molecule has 4 heteroatoms. The molecule has 0 amide bonds. The van der Waals surface area contributed by atoms with Crippen LogP contribution in [0.4, 0.5) is 5.82 Å². The second-order valence-electron chi connectivity index (χ2n) is 5.12. The van der Waals surface area contributed by atoms with Crippen molar-refractivity contribution in [2.24, 2.45) is 11.3 Å². The van der Waals surface area contributed by atoms with Gasteiger partial charge in [0.15, 0.2) is 0 Å². The number of aromatic nitrogens is 2. The Bertz CT molecular complexity index is 341. The molecule has 1 rings (SSSR count). The van der Waals surface area contributed by atoms with Crippen molar-refractivity contribution in [3.8, 4) is 0 Å². The molecule has 1 N–H and O–H groups in total. The van der Waals surface area contributed by atoms with E-state index in [4.69, 9.17) is 0 Å². The summed E-state index contributed by atoms with van der Waals surface area (Å²) in [6.45, 7) is 11.8. The van der Waals surface area contributed by atoms with E-state index in [2.05, 4.69) is 58.9 Å². The fourth-order valence-electron chi connectivity index (χ4n) is 1.14. The van der Waals surface area contributed by atoms with Crippen molar-refractivity contribution in [3.05, 3.63) is 16.5 Å². The maximum absolute atomic E-state index is 4.34. The monoisotopic (exact) mass is 285 g/mol. The lowest BCUT2D eigenvalue weighted by atomic mass is 9.81. The number of anilines is 1. The third kappa shape index (κ3) is 3.74. The number of nitrogens with zero attached hydrogens (tertiary/aromatic N) is 2. The van der Waals surface area contributed by atoms with Gasteiger partial charge in [-0.1, -0.05) is 27.7 Å². The Balaban J connectivity index is 2.68. The van der Waals surface area contributed by atoms with Gasteiger partial charge in [-0.05, 0) is 34.2 Å². The summed E-state index contributed by atoms with van der Waals surface area (Å²) in [5, 5.41) is 3.37. The van der Waals surface area contributed by atoms with Crippen molar-refractivity contribution < 1.29 is 0 Å². The summed E-state index contributed by atoms with van der Waals surface area (Å²) in [6.07, 6.45) is 0. The zero-order valence-electron chi connectivity index (χ0n) is 10.6. The first-order valence-corrected chi connectivity index (χ1v) is 6.35. The van der Waals surface area contributed by atoms with E-state index in [1.807, 2.05) is 13.0 Å². The molecule has 0 atom stereocenters. The van der Waals surface area contributed by atoms with Gasteiger partial charge >= 0.3 is 0 Å². The maximum atomic E-state index is 4.34. The van der Waals surface area contributed by atoms with Crippen LogP contribution < -0.4 is 5.32 Å². The predicted molar refractivity (Wildman–Crippen MR) is 71.6 cm³/mol. The summed E-state index contributed by atoms with van der Waals surface area (Å²) in [5.41, 5.74) is 0.255. The molecular weight excluding hydrogens is 266 g/mol. The van der Waals surface area contributed by atoms with Crippen molar-refractivity contribution in [2.45, 2.75) is 34.6 Å². The fraction of sp³-hybridized carbons (Fsp3) is 0.667. The highest BCUT2D eigenvalue weighted by Crippen LogP contribution is 2.26. The molecule has 0 bridgehead atoms. The van der Waals surface area contributed by atoms with E-state index in [-0.39, 0.29) is 5.41 Å². The van der Waals surface area contributed by atoms with Crippen molar-refractivity contribution in [2.75, 3.05) is 11.9 Å². The molecule has 0 unspecified atom stereocenters. The van der Waals surface area contributed by atoms with Crippen LogP contribution in [0.1, 0.15) is 33.5 Å². The lowest BCUT2D eigenvalue weighted by molar-refractivity contribution is 0.269. The van der Waals surface area contributed by atoms with Gasteiger partial charge in [0.25, 0.3) is 0 Å². The first kappa shape index (κ1) is 13.4. The van der Waals surface area contributed by atoms with Crippen LogP contribution in [0.2, 0.25) is 0 Å². The lowest BCUT2D eigenvalue weighted by Crippen LogP contribution is -2.28.